The van der Waals surface area contributed by atoms with Crippen LogP contribution in [0.15, 0.2) is 6.20 Å². The van der Waals surface area contributed by atoms with Gasteiger partial charge in [-0.05, 0) is 6.92 Å². The molecule has 5 heteroatoms. The van der Waals surface area contributed by atoms with E-state index in [2.05, 4.69) is 10.3 Å². The molecule has 1 unspecified atom stereocenters. The quantitative estimate of drug-likeness (QED) is 0.714. The molecule has 2 rings (SSSR count). The van der Waals surface area contributed by atoms with Crippen molar-refractivity contribution in [3.8, 4) is 0 Å². The van der Waals surface area contributed by atoms with Gasteiger partial charge in [0.1, 0.15) is 12.6 Å². The maximum atomic E-state index is 10.7. The summed E-state index contributed by atoms with van der Waals surface area (Å²) in [4.78, 5) is 15.8. The molecule has 0 aliphatic carbocycles. The van der Waals surface area contributed by atoms with Crippen molar-refractivity contribution in [1.82, 2.24) is 10.3 Å². The minimum absolute atomic E-state index is 0.00343. The van der Waals surface area contributed by atoms with E-state index in [0.717, 1.165) is 9.88 Å². The van der Waals surface area contributed by atoms with Gasteiger partial charge >= 0.3 is 6.09 Å². The number of nitrogens with zero attached hydrogens (tertiary/aromatic N) is 1. The maximum absolute atomic E-state index is 10.7. The summed E-state index contributed by atoms with van der Waals surface area (Å²) in [6.45, 7) is 2.35. The van der Waals surface area contributed by atoms with Crippen LogP contribution < -0.4 is 5.32 Å². The van der Waals surface area contributed by atoms with Crippen molar-refractivity contribution in [1.29, 1.82) is 0 Å². The van der Waals surface area contributed by atoms with Gasteiger partial charge in [0.25, 0.3) is 0 Å². The molecule has 4 nitrogen and oxygen atoms in total. The number of nitrogens with one attached hydrogen (secondary N) is 1. The molecule has 1 aliphatic heterocycles. The van der Waals surface area contributed by atoms with Crippen molar-refractivity contribution in [3.05, 3.63) is 16.1 Å². The second-order valence-electron chi connectivity index (χ2n) is 2.58. The van der Waals surface area contributed by atoms with E-state index < -0.39 is 0 Å². The van der Waals surface area contributed by atoms with Crippen LogP contribution in [0.2, 0.25) is 0 Å². The molecule has 0 aromatic carbocycles. The largest absolute Gasteiger partial charge is 0.447 e. The Morgan fingerprint density at radius 2 is 2.67 bits per heavy atom. The number of rotatable bonds is 1. The van der Waals surface area contributed by atoms with Gasteiger partial charge in [-0.3, -0.25) is 0 Å². The van der Waals surface area contributed by atoms with Crippen molar-refractivity contribution in [3.63, 3.8) is 0 Å². The van der Waals surface area contributed by atoms with E-state index in [0.29, 0.717) is 6.61 Å². The lowest BCUT2D eigenvalue weighted by atomic mass is 10.3. The van der Waals surface area contributed by atoms with E-state index in [1.165, 1.54) is 0 Å². The number of cyclic esters (lactones) is 1. The van der Waals surface area contributed by atoms with Gasteiger partial charge in [-0.15, -0.1) is 11.3 Å². The Bertz CT molecular complexity index is 310. The first kappa shape index (κ1) is 7.54. The molecule has 1 fully saturated rings. The van der Waals surface area contributed by atoms with Crippen LogP contribution in [0.25, 0.3) is 0 Å². The molecule has 64 valence electrons. The molecule has 0 bridgehead atoms. The fraction of sp³-hybridized carbons (Fsp3) is 0.429. The third-order valence-electron chi connectivity index (χ3n) is 1.66. The van der Waals surface area contributed by atoms with E-state index in [4.69, 9.17) is 4.74 Å². The number of thiazole rings is 1. The number of ether oxygens (including phenoxy) is 1. The highest BCUT2D eigenvalue weighted by molar-refractivity contribution is 7.11. The molecule has 1 N–H and O–H groups in total. The van der Waals surface area contributed by atoms with Gasteiger partial charge < -0.3 is 10.1 Å². The molecule has 1 atom stereocenters. The molecule has 1 amide bonds. The number of hydrogen-bond donors (Lipinski definition) is 1. The van der Waals surface area contributed by atoms with E-state index in [-0.39, 0.29) is 12.1 Å². The minimum Gasteiger partial charge on any atom is -0.447 e. The zero-order valence-corrected chi connectivity index (χ0v) is 7.35. The zero-order valence-electron chi connectivity index (χ0n) is 6.53. The summed E-state index contributed by atoms with van der Waals surface area (Å²) in [6, 6.07) is 0.00343. The first-order valence-electron chi connectivity index (χ1n) is 3.61. The molecule has 0 saturated carbocycles. The maximum Gasteiger partial charge on any atom is 0.407 e. The third kappa shape index (κ3) is 1.27. The van der Waals surface area contributed by atoms with Crippen molar-refractivity contribution in [2.45, 2.75) is 13.0 Å². The second-order valence-corrected chi connectivity index (χ2v) is 3.84. The first-order chi connectivity index (χ1) is 5.75. The molecule has 1 aromatic rings. The Kier molecular flexibility index (Phi) is 1.73. The van der Waals surface area contributed by atoms with Gasteiger partial charge in [0, 0.05) is 6.20 Å². The summed E-state index contributed by atoms with van der Waals surface area (Å²) in [7, 11) is 0. The van der Waals surface area contributed by atoms with Gasteiger partial charge in [0.2, 0.25) is 0 Å². The summed E-state index contributed by atoms with van der Waals surface area (Å²) in [5.74, 6) is 0. The van der Waals surface area contributed by atoms with Crippen LogP contribution in [0.1, 0.15) is 15.9 Å². The predicted octanol–water partition coefficient (Wildman–Crippen LogP) is 1.23. The summed E-state index contributed by atoms with van der Waals surface area (Å²) >= 11 is 1.58. The van der Waals surface area contributed by atoms with Gasteiger partial charge in [0.15, 0.2) is 0 Å². The van der Waals surface area contributed by atoms with Crippen LogP contribution >= 0.6 is 11.3 Å². The number of amides is 1. The van der Waals surface area contributed by atoms with E-state index >= 15 is 0 Å². The average Bonchev–Trinajstić information content (AvgIpc) is 2.58. The normalized spacial score (nSPS) is 22.1. The highest BCUT2D eigenvalue weighted by Crippen LogP contribution is 2.23. The van der Waals surface area contributed by atoms with Gasteiger partial charge in [-0.1, -0.05) is 0 Å². The van der Waals surface area contributed by atoms with E-state index in [1.807, 2.05) is 6.92 Å². The number of aryl methyl sites for hydroxylation is 1. The van der Waals surface area contributed by atoms with Crippen molar-refractivity contribution < 1.29 is 9.53 Å². The predicted molar refractivity (Wildman–Crippen MR) is 44.1 cm³/mol. The molecule has 0 spiro atoms. The lowest BCUT2D eigenvalue weighted by molar-refractivity contribution is 0.177. The third-order valence-corrected chi connectivity index (χ3v) is 2.68. The Hall–Kier alpha value is -1.10. The SMILES string of the molecule is Cc1ncc(C2COC(=O)N2)s1. The Balaban J connectivity index is 2.15. The van der Waals surface area contributed by atoms with Crippen LogP contribution in [0.5, 0.6) is 0 Å². The first-order valence-corrected chi connectivity index (χ1v) is 4.43. The standard InChI is InChI=1S/C7H8N2O2S/c1-4-8-2-6(12-4)5-3-11-7(10)9-5/h2,5H,3H2,1H3,(H,9,10). The van der Waals surface area contributed by atoms with Crippen molar-refractivity contribution in [2.75, 3.05) is 6.61 Å². The molecule has 12 heavy (non-hydrogen) atoms. The molecule has 1 aliphatic rings. The summed E-state index contributed by atoms with van der Waals surface area (Å²) in [5.41, 5.74) is 0. The molecule has 2 heterocycles. The van der Waals surface area contributed by atoms with Gasteiger partial charge in [-0.25, -0.2) is 9.78 Å². The second kappa shape index (κ2) is 2.75. The minimum atomic E-state index is -0.342. The van der Waals surface area contributed by atoms with Gasteiger partial charge in [-0.2, -0.15) is 0 Å². The Morgan fingerprint density at radius 3 is 3.17 bits per heavy atom. The number of carbonyl (C=O) groups is 1. The number of aromatic nitrogens is 1. The summed E-state index contributed by atoms with van der Waals surface area (Å²) in [6.07, 6.45) is 1.44. The van der Waals surface area contributed by atoms with Crippen LogP contribution in [0.3, 0.4) is 0 Å². The average molecular weight is 184 g/mol. The lowest BCUT2D eigenvalue weighted by Crippen LogP contribution is -2.17. The topological polar surface area (TPSA) is 51.2 Å². The van der Waals surface area contributed by atoms with Crippen molar-refractivity contribution in [2.24, 2.45) is 0 Å². The fourth-order valence-corrected chi connectivity index (χ4v) is 1.90. The monoisotopic (exact) mass is 184 g/mol. The molecular formula is C7H8N2O2S. The molecule has 0 radical (unpaired) electrons. The number of hydrogen-bond acceptors (Lipinski definition) is 4. The lowest BCUT2D eigenvalue weighted by Gasteiger charge is -2.00. The highest BCUT2D eigenvalue weighted by atomic mass is 32.1. The fourth-order valence-electron chi connectivity index (χ4n) is 1.08. The summed E-state index contributed by atoms with van der Waals surface area (Å²) < 4.78 is 4.76. The molecule has 1 aromatic heterocycles. The van der Waals surface area contributed by atoms with Crippen molar-refractivity contribution >= 4 is 17.4 Å². The highest BCUT2D eigenvalue weighted by Gasteiger charge is 2.24. The van der Waals surface area contributed by atoms with E-state index in [1.54, 1.807) is 17.5 Å². The molecular weight excluding hydrogens is 176 g/mol. The van der Waals surface area contributed by atoms with Crippen LogP contribution in [-0.2, 0) is 4.74 Å². The smallest absolute Gasteiger partial charge is 0.407 e. The van der Waals surface area contributed by atoms with Crippen LogP contribution in [-0.4, -0.2) is 17.7 Å². The van der Waals surface area contributed by atoms with Crippen LogP contribution in [0.4, 0.5) is 4.79 Å². The number of carbonyl (C=O) groups excluding carboxylic acids is 1. The van der Waals surface area contributed by atoms with Crippen LogP contribution in [0, 0.1) is 6.92 Å². The van der Waals surface area contributed by atoms with Gasteiger partial charge in [0.05, 0.1) is 9.88 Å². The zero-order chi connectivity index (χ0) is 8.55. The Morgan fingerprint density at radius 1 is 1.83 bits per heavy atom. The summed E-state index contributed by atoms with van der Waals surface area (Å²) in [5, 5.41) is 3.70. The molecule has 1 saturated heterocycles. The van der Waals surface area contributed by atoms with E-state index in [9.17, 15) is 4.79 Å². The number of alkyl carbamates (subject to hydrolysis) is 1. The Labute approximate surface area is 73.6 Å².